The Morgan fingerprint density at radius 2 is 2.55 bits per heavy atom. The zero-order chi connectivity index (χ0) is 7.68. The van der Waals surface area contributed by atoms with Gasteiger partial charge in [-0.3, -0.25) is 0 Å². The van der Waals surface area contributed by atoms with Gasteiger partial charge in [0.2, 0.25) is 0 Å². The van der Waals surface area contributed by atoms with E-state index in [0.29, 0.717) is 18.3 Å². The average Bonchev–Trinajstić information content (AvgIpc) is 2.73. The molecule has 1 aliphatic carbocycles. The summed E-state index contributed by atoms with van der Waals surface area (Å²) in [5, 5.41) is 6.87. The van der Waals surface area contributed by atoms with Crippen LogP contribution < -0.4 is 11.1 Å². The predicted octanol–water partition coefficient (Wildman–Crippen LogP) is 0.509. The fourth-order valence-electron chi connectivity index (χ4n) is 0.930. The van der Waals surface area contributed by atoms with Crippen molar-refractivity contribution in [2.24, 2.45) is 0 Å². The number of hydrogen-bond donors (Lipinski definition) is 2. The molecule has 60 valence electrons. The minimum Gasteiger partial charge on any atom is -0.395 e. The zero-order valence-electron chi connectivity index (χ0n) is 6.21. The van der Waals surface area contributed by atoms with Crippen LogP contribution in [0.5, 0.6) is 0 Å². The van der Waals surface area contributed by atoms with E-state index in [0.717, 1.165) is 5.76 Å². The maximum atomic E-state index is 5.55. The molecule has 0 saturated heterocycles. The van der Waals surface area contributed by atoms with E-state index in [-0.39, 0.29) is 0 Å². The molecule has 3 N–H and O–H groups in total. The monoisotopic (exact) mass is 153 g/mol. The fourth-order valence-corrected chi connectivity index (χ4v) is 0.930. The molecule has 0 amide bonds. The molecule has 1 aromatic rings. The van der Waals surface area contributed by atoms with Gasteiger partial charge < -0.3 is 15.6 Å². The molecular formula is C7H11N3O. The highest BCUT2D eigenvalue weighted by molar-refractivity contribution is 5.37. The summed E-state index contributed by atoms with van der Waals surface area (Å²) in [7, 11) is 0. The summed E-state index contributed by atoms with van der Waals surface area (Å²) >= 11 is 0. The van der Waals surface area contributed by atoms with Crippen LogP contribution in [0.2, 0.25) is 0 Å². The van der Waals surface area contributed by atoms with Gasteiger partial charge in [-0.15, -0.1) is 0 Å². The average molecular weight is 153 g/mol. The number of rotatable bonds is 3. The normalized spacial score (nSPS) is 17.1. The molecule has 1 saturated carbocycles. The van der Waals surface area contributed by atoms with E-state index in [4.69, 9.17) is 10.3 Å². The maximum absolute atomic E-state index is 5.55. The van der Waals surface area contributed by atoms with E-state index in [1.165, 1.54) is 19.0 Å². The van der Waals surface area contributed by atoms with E-state index in [2.05, 4.69) is 10.5 Å². The molecule has 1 heterocycles. The van der Waals surface area contributed by atoms with E-state index in [1.807, 2.05) is 0 Å². The maximum Gasteiger partial charge on any atom is 0.173 e. The lowest BCUT2D eigenvalue weighted by molar-refractivity contribution is 0.373. The molecule has 2 rings (SSSR count). The van der Waals surface area contributed by atoms with E-state index < -0.39 is 0 Å². The molecule has 1 aromatic heterocycles. The summed E-state index contributed by atoms with van der Waals surface area (Å²) in [5.74, 6) is 0.747. The quantitative estimate of drug-likeness (QED) is 0.664. The third-order valence-electron chi connectivity index (χ3n) is 1.81. The molecule has 1 aliphatic rings. The van der Waals surface area contributed by atoms with Crippen LogP contribution in [0, 0.1) is 0 Å². The number of aromatic nitrogens is 1. The second kappa shape index (κ2) is 2.54. The van der Waals surface area contributed by atoms with Crippen molar-refractivity contribution in [1.82, 2.24) is 10.5 Å². The Labute approximate surface area is 64.7 Å². The molecule has 0 atom stereocenters. The summed E-state index contributed by atoms with van der Waals surface area (Å²) in [6, 6.07) is 0.680. The summed E-state index contributed by atoms with van der Waals surface area (Å²) in [6.07, 6.45) is 4.08. The van der Waals surface area contributed by atoms with Crippen LogP contribution in [0.1, 0.15) is 18.6 Å². The molecule has 0 spiro atoms. The SMILES string of the molecule is Nc1cnoc1CNC1CC1. The van der Waals surface area contributed by atoms with Crippen molar-refractivity contribution in [2.45, 2.75) is 25.4 Å². The molecule has 0 bridgehead atoms. The Balaban J connectivity index is 1.89. The van der Waals surface area contributed by atoms with Crippen LogP contribution in [-0.2, 0) is 6.54 Å². The summed E-state index contributed by atoms with van der Waals surface area (Å²) < 4.78 is 4.90. The minimum absolute atomic E-state index is 0.637. The van der Waals surface area contributed by atoms with Gasteiger partial charge in [-0.05, 0) is 12.8 Å². The van der Waals surface area contributed by atoms with Gasteiger partial charge in [-0.1, -0.05) is 5.16 Å². The first-order valence-electron chi connectivity index (χ1n) is 3.78. The standard InChI is InChI=1S/C7H11N3O/c8-6-3-10-11-7(6)4-9-5-1-2-5/h3,5,9H,1-2,4,8H2. The van der Waals surface area contributed by atoms with Crippen LogP contribution in [0.25, 0.3) is 0 Å². The molecule has 0 aliphatic heterocycles. The Hall–Kier alpha value is -1.03. The van der Waals surface area contributed by atoms with Crippen molar-refractivity contribution in [3.8, 4) is 0 Å². The van der Waals surface area contributed by atoms with Crippen molar-refractivity contribution in [2.75, 3.05) is 5.73 Å². The number of nitrogens with two attached hydrogens (primary N) is 1. The molecule has 4 heteroatoms. The summed E-state index contributed by atoms with van der Waals surface area (Å²) in [5.41, 5.74) is 6.19. The largest absolute Gasteiger partial charge is 0.395 e. The Morgan fingerprint density at radius 1 is 1.73 bits per heavy atom. The van der Waals surface area contributed by atoms with Crippen LogP contribution >= 0.6 is 0 Å². The first kappa shape index (κ1) is 6.67. The number of nitrogens with zero attached hydrogens (tertiary/aromatic N) is 1. The lowest BCUT2D eigenvalue weighted by atomic mass is 10.4. The summed E-state index contributed by atoms with van der Waals surface area (Å²) in [6.45, 7) is 0.705. The summed E-state index contributed by atoms with van der Waals surface area (Å²) in [4.78, 5) is 0. The van der Waals surface area contributed by atoms with Gasteiger partial charge >= 0.3 is 0 Å². The highest BCUT2D eigenvalue weighted by Gasteiger charge is 2.21. The van der Waals surface area contributed by atoms with Gasteiger partial charge in [0.15, 0.2) is 5.76 Å². The molecular weight excluding hydrogens is 142 g/mol. The lowest BCUT2D eigenvalue weighted by Crippen LogP contribution is -2.15. The molecule has 4 nitrogen and oxygen atoms in total. The second-order valence-corrected chi connectivity index (χ2v) is 2.86. The third kappa shape index (κ3) is 1.51. The Bertz CT molecular complexity index is 242. The number of nitrogen functional groups attached to an aromatic ring is 1. The van der Waals surface area contributed by atoms with E-state index >= 15 is 0 Å². The Morgan fingerprint density at radius 3 is 3.09 bits per heavy atom. The molecule has 11 heavy (non-hydrogen) atoms. The smallest absolute Gasteiger partial charge is 0.173 e. The highest BCUT2D eigenvalue weighted by atomic mass is 16.5. The molecule has 0 unspecified atom stereocenters. The van der Waals surface area contributed by atoms with Crippen LogP contribution in [0.4, 0.5) is 5.69 Å². The molecule has 1 fully saturated rings. The van der Waals surface area contributed by atoms with Gasteiger partial charge in [-0.2, -0.15) is 0 Å². The van der Waals surface area contributed by atoms with Gasteiger partial charge in [0.05, 0.1) is 18.4 Å². The van der Waals surface area contributed by atoms with Crippen molar-refractivity contribution >= 4 is 5.69 Å². The van der Waals surface area contributed by atoms with Crippen molar-refractivity contribution in [3.63, 3.8) is 0 Å². The van der Waals surface area contributed by atoms with Crippen LogP contribution in [0.3, 0.4) is 0 Å². The van der Waals surface area contributed by atoms with Crippen molar-refractivity contribution < 1.29 is 4.52 Å². The number of nitrogens with one attached hydrogen (secondary N) is 1. The van der Waals surface area contributed by atoms with Gasteiger partial charge in [0.25, 0.3) is 0 Å². The molecule has 0 aromatic carbocycles. The van der Waals surface area contributed by atoms with Crippen molar-refractivity contribution in [1.29, 1.82) is 0 Å². The third-order valence-corrected chi connectivity index (χ3v) is 1.81. The second-order valence-electron chi connectivity index (χ2n) is 2.86. The van der Waals surface area contributed by atoms with E-state index in [9.17, 15) is 0 Å². The first-order valence-corrected chi connectivity index (χ1v) is 3.78. The minimum atomic E-state index is 0.637. The highest BCUT2D eigenvalue weighted by Crippen LogP contribution is 2.20. The topological polar surface area (TPSA) is 64.1 Å². The predicted molar refractivity (Wildman–Crippen MR) is 40.8 cm³/mol. The van der Waals surface area contributed by atoms with Crippen molar-refractivity contribution in [3.05, 3.63) is 12.0 Å². The van der Waals surface area contributed by atoms with Gasteiger partial charge in [0.1, 0.15) is 0 Å². The Kier molecular flexibility index (Phi) is 1.54. The lowest BCUT2D eigenvalue weighted by Gasteiger charge is -1.97. The van der Waals surface area contributed by atoms with Gasteiger partial charge in [0, 0.05) is 6.04 Å². The number of anilines is 1. The first-order chi connectivity index (χ1) is 5.36. The molecule has 0 radical (unpaired) electrons. The fraction of sp³-hybridized carbons (Fsp3) is 0.571. The zero-order valence-corrected chi connectivity index (χ0v) is 6.21. The van der Waals surface area contributed by atoms with Crippen LogP contribution in [0.15, 0.2) is 10.7 Å². The van der Waals surface area contributed by atoms with E-state index in [1.54, 1.807) is 0 Å². The van der Waals surface area contributed by atoms with Gasteiger partial charge in [-0.25, -0.2) is 0 Å². The van der Waals surface area contributed by atoms with Crippen LogP contribution in [-0.4, -0.2) is 11.2 Å². The number of hydrogen-bond acceptors (Lipinski definition) is 4.